The Bertz CT molecular complexity index is 1270. The number of hydrogen-bond acceptors (Lipinski definition) is 8. The monoisotopic (exact) mass is 551 g/mol. The molecule has 3 aromatic rings. The predicted molar refractivity (Wildman–Crippen MR) is 143 cm³/mol. The summed E-state index contributed by atoms with van der Waals surface area (Å²) in [6.07, 6.45) is 1.13. The fourth-order valence-corrected chi connectivity index (χ4v) is 6.65. The second-order valence-corrected chi connectivity index (χ2v) is 12.1. The number of methoxy groups -OCH3 is 1. The number of nitrogens with zero attached hydrogens (tertiary/aromatic N) is 3. The molecule has 0 bridgehead atoms. The molecule has 0 spiro atoms. The van der Waals surface area contributed by atoms with Crippen LogP contribution in [0, 0.1) is 0 Å². The number of halogens is 1. The number of fused-ring (bicyclic) bond motifs is 1. The molecule has 194 valence electrons. The SMILES string of the molecule is COc1ccc(S(=O)(=O)CCCC(=O)N(CCCN2CCOCC2)c2nc3ccc(Cl)cc3s2)cc1. The largest absolute Gasteiger partial charge is 0.497 e. The lowest BCUT2D eigenvalue weighted by atomic mass is 10.2. The summed E-state index contributed by atoms with van der Waals surface area (Å²) in [5.41, 5.74) is 0.785. The maximum atomic E-state index is 13.3. The van der Waals surface area contributed by atoms with Crippen molar-refractivity contribution >= 4 is 54.0 Å². The van der Waals surface area contributed by atoms with Gasteiger partial charge in [0.2, 0.25) is 5.91 Å². The lowest BCUT2D eigenvalue weighted by Crippen LogP contribution is -2.39. The number of aromatic nitrogens is 1. The molecule has 1 aliphatic heterocycles. The van der Waals surface area contributed by atoms with Gasteiger partial charge in [0.25, 0.3) is 0 Å². The molecular formula is C25H30ClN3O5S2. The van der Waals surface area contributed by atoms with Crippen LogP contribution in [0.1, 0.15) is 19.3 Å². The number of carbonyl (C=O) groups excluding carboxylic acids is 1. The molecule has 0 atom stereocenters. The van der Waals surface area contributed by atoms with Gasteiger partial charge < -0.3 is 9.47 Å². The molecule has 36 heavy (non-hydrogen) atoms. The van der Waals surface area contributed by atoms with Crippen LogP contribution < -0.4 is 9.64 Å². The van der Waals surface area contributed by atoms with Crippen LogP contribution in [0.15, 0.2) is 47.4 Å². The van der Waals surface area contributed by atoms with Crippen LogP contribution in [-0.4, -0.2) is 76.5 Å². The van der Waals surface area contributed by atoms with E-state index in [1.54, 1.807) is 23.1 Å². The number of thiazole rings is 1. The molecule has 0 unspecified atom stereocenters. The summed E-state index contributed by atoms with van der Waals surface area (Å²) in [7, 11) is -1.97. The lowest BCUT2D eigenvalue weighted by molar-refractivity contribution is -0.118. The number of benzene rings is 2. The first kappa shape index (κ1) is 26.8. The normalized spacial score (nSPS) is 14.7. The summed E-state index contributed by atoms with van der Waals surface area (Å²) in [5, 5.41) is 1.23. The zero-order chi connectivity index (χ0) is 25.5. The Morgan fingerprint density at radius 1 is 1.17 bits per heavy atom. The Kier molecular flexibility index (Phi) is 9.19. The van der Waals surface area contributed by atoms with Gasteiger partial charge in [0, 0.05) is 37.6 Å². The molecule has 1 saturated heterocycles. The summed E-state index contributed by atoms with van der Waals surface area (Å²) in [5.74, 6) is 0.350. The molecule has 0 saturated carbocycles. The van der Waals surface area contributed by atoms with E-state index in [9.17, 15) is 13.2 Å². The van der Waals surface area contributed by atoms with Crippen molar-refractivity contribution in [3.63, 3.8) is 0 Å². The molecular weight excluding hydrogens is 522 g/mol. The molecule has 1 aliphatic rings. The number of hydrogen-bond donors (Lipinski definition) is 0. The van der Waals surface area contributed by atoms with Crippen molar-refractivity contribution in [2.24, 2.45) is 0 Å². The Morgan fingerprint density at radius 2 is 1.92 bits per heavy atom. The molecule has 8 nitrogen and oxygen atoms in total. The van der Waals surface area contributed by atoms with Crippen LogP contribution in [-0.2, 0) is 19.4 Å². The second-order valence-electron chi connectivity index (χ2n) is 8.56. The Balaban J connectivity index is 1.42. The van der Waals surface area contributed by atoms with Crippen molar-refractivity contribution in [2.45, 2.75) is 24.2 Å². The first-order valence-corrected chi connectivity index (χ1v) is 14.7. The fraction of sp³-hybridized carbons (Fsp3) is 0.440. The van der Waals surface area contributed by atoms with E-state index >= 15 is 0 Å². The van der Waals surface area contributed by atoms with Crippen molar-refractivity contribution in [2.75, 3.05) is 57.2 Å². The van der Waals surface area contributed by atoms with Crippen molar-refractivity contribution in [3.8, 4) is 5.75 Å². The minimum absolute atomic E-state index is 0.109. The molecule has 2 heterocycles. The Labute approximate surface area is 220 Å². The number of rotatable bonds is 11. The highest BCUT2D eigenvalue weighted by Crippen LogP contribution is 2.31. The standard InChI is InChI=1S/C25H30ClN3O5S2/c1-33-20-6-8-21(9-7-20)36(31,32)17-2-4-24(30)29(12-3-11-28-13-15-34-16-14-28)25-27-22-10-5-19(26)18-23(22)35-25/h5-10,18H,2-4,11-17H2,1H3. The van der Waals surface area contributed by atoms with Crippen LogP contribution in [0.25, 0.3) is 10.2 Å². The summed E-state index contributed by atoms with van der Waals surface area (Å²) < 4.78 is 36.9. The molecule has 11 heteroatoms. The summed E-state index contributed by atoms with van der Waals surface area (Å²) in [6, 6.07) is 11.8. The van der Waals surface area contributed by atoms with E-state index in [-0.39, 0.29) is 29.4 Å². The van der Waals surface area contributed by atoms with E-state index in [1.807, 2.05) is 12.1 Å². The van der Waals surface area contributed by atoms with Crippen molar-refractivity contribution in [3.05, 3.63) is 47.5 Å². The Morgan fingerprint density at radius 3 is 2.64 bits per heavy atom. The molecule has 1 aromatic heterocycles. The van der Waals surface area contributed by atoms with Crippen LogP contribution in [0.3, 0.4) is 0 Å². The zero-order valence-corrected chi connectivity index (χ0v) is 22.6. The van der Waals surface area contributed by atoms with E-state index in [4.69, 9.17) is 21.1 Å². The van der Waals surface area contributed by atoms with E-state index in [0.717, 1.165) is 49.5 Å². The van der Waals surface area contributed by atoms with Gasteiger partial charge in [-0.1, -0.05) is 22.9 Å². The molecule has 1 fully saturated rings. The van der Waals surface area contributed by atoms with Crippen molar-refractivity contribution < 1.29 is 22.7 Å². The molecule has 0 N–H and O–H groups in total. The van der Waals surface area contributed by atoms with Crippen LogP contribution >= 0.6 is 22.9 Å². The van der Waals surface area contributed by atoms with Gasteiger partial charge in [-0.15, -0.1) is 0 Å². The minimum atomic E-state index is -3.50. The summed E-state index contributed by atoms with van der Waals surface area (Å²) >= 11 is 7.56. The summed E-state index contributed by atoms with van der Waals surface area (Å²) in [4.78, 5) is 22.2. The van der Waals surface area contributed by atoms with E-state index in [2.05, 4.69) is 9.88 Å². The highest BCUT2D eigenvalue weighted by atomic mass is 35.5. The molecule has 0 aliphatic carbocycles. The fourth-order valence-electron chi connectivity index (χ4n) is 4.06. The highest BCUT2D eigenvalue weighted by molar-refractivity contribution is 7.91. The van der Waals surface area contributed by atoms with Crippen LogP contribution in [0.2, 0.25) is 5.02 Å². The first-order chi connectivity index (χ1) is 17.4. The third kappa shape index (κ3) is 6.95. The van der Waals surface area contributed by atoms with Gasteiger partial charge in [-0.3, -0.25) is 14.6 Å². The molecule has 0 radical (unpaired) electrons. The number of morpholine rings is 1. The lowest BCUT2D eigenvalue weighted by Gasteiger charge is -2.27. The van der Waals surface area contributed by atoms with E-state index in [0.29, 0.717) is 22.4 Å². The maximum absolute atomic E-state index is 13.3. The van der Waals surface area contributed by atoms with Gasteiger partial charge in [0.1, 0.15) is 5.75 Å². The third-order valence-corrected chi connectivity index (χ3v) is 9.15. The zero-order valence-electron chi connectivity index (χ0n) is 20.2. The van der Waals surface area contributed by atoms with Crippen LogP contribution in [0.5, 0.6) is 5.75 Å². The molecule has 4 rings (SSSR count). The van der Waals surface area contributed by atoms with E-state index < -0.39 is 9.84 Å². The van der Waals surface area contributed by atoms with E-state index in [1.165, 1.54) is 30.6 Å². The highest BCUT2D eigenvalue weighted by Gasteiger charge is 2.22. The van der Waals surface area contributed by atoms with Crippen molar-refractivity contribution in [1.29, 1.82) is 0 Å². The number of amides is 1. The minimum Gasteiger partial charge on any atom is -0.497 e. The number of ether oxygens (including phenoxy) is 2. The maximum Gasteiger partial charge on any atom is 0.228 e. The average molecular weight is 552 g/mol. The predicted octanol–water partition coefficient (Wildman–Crippen LogP) is 4.27. The Hall–Kier alpha value is -2.24. The topological polar surface area (TPSA) is 89.0 Å². The van der Waals surface area contributed by atoms with Gasteiger partial charge >= 0.3 is 0 Å². The number of sulfone groups is 1. The van der Waals surface area contributed by atoms with Crippen molar-refractivity contribution in [1.82, 2.24) is 9.88 Å². The first-order valence-electron chi connectivity index (χ1n) is 11.9. The summed E-state index contributed by atoms with van der Waals surface area (Å²) in [6.45, 7) is 4.59. The van der Waals surface area contributed by atoms with Gasteiger partial charge in [-0.05, 0) is 55.3 Å². The number of anilines is 1. The van der Waals surface area contributed by atoms with Crippen LogP contribution in [0.4, 0.5) is 5.13 Å². The van der Waals surface area contributed by atoms with Gasteiger partial charge in [0.05, 0.1) is 41.2 Å². The second kappa shape index (κ2) is 12.3. The van der Waals surface area contributed by atoms with Gasteiger partial charge in [-0.25, -0.2) is 13.4 Å². The third-order valence-electron chi connectivity index (χ3n) is 6.05. The van der Waals surface area contributed by atoms with Gasteiger partial charge in [-0.2, -0.15) is 0 Å². The molecule has 1 amide bonds. The smallest absolute Gasteiger partial charge is 0.228 e. The quantitative estimate of drug-likeness (QED) is 0.351. The number of carbonyl (C=O) groups is 1. The van der Waals surface area contributed by atoms with Gasteiger partial charge in [0.15, 0.2) is 15.0 Å². The average Bonchev–Trinajstić information content (AvgIpc) is 3.29. The molecule has 2 aromatic carbocycles.